The Hall–Kier alpha value is -3.25. The molecule has 5 nitrogen and oxygen atoms in total. The molecule has 0 spiro atoms. The van der Waals surface area contributed by atoms with Crippen molar-refractivity contribution in [3.63, 3.8) is 0 Å². The minimum atomic E-state index is -0.204. The summed E-state index contributed by atoms with van der Waals surface area (Å²) in [5.74, 6) is 0.636. The van der Waals surface area contributed by atoms with Gasteiger partial charge in [-0.1, -0.05) is 36.4 Å². The van der Waals surface area contributed by atoms with Crippen LogP contribution < -0.4 is 10.6 Å². The molecule has 2 aromatic carbocycles. The topological polar surface area (TPSA) is 66.4 Å². The fourth-order valence-corrected chi connectivity index (χ4v) is 3.48. The van der Waals surface area contributed by atoms with E-state index in [0.717, 1.165) is 47.7 Å². The van der Waals surface area contributed by atoms with Crippen LogP contribution in [-0.2, 0) is 0 Å². The van der Waals surface area contributed by atoms with Crippen molar-refractivity contribution in [3.05, 3.63) is 88.4 Å². The van der Waals surface area contributed by atoms with Crippen LogP contribution in [0.4, 0.5) is 5.69 Å². The van der Waals surface area contributed by atoms with E-state index >= 15 is 0 Å². The van der Waals surface area contributed by atoms with Crippen LogP contribution in [0.1, 0.15) is 34.5 Å². The summed E-state index contributed by atoms with van der Waals surface area (Å²) in [6.45, 7) is 0.781. The predicted octanol–water partition coefficient (Wildman–Crippen LogP) is 4.57. The lowest BCUT2D eigenvalue weighted by Crippen LogP contribution is -2.24. The fraction of sp³-hybridized carbons (Fsp3) is 0.136. The Morgan fingerprint density at radius 2 is 1.86 bits per heavy atom. The molecule has 28 heavy (non-hydrogen) atoms. The van der Waals surface area contributed by atoms with E-state index in [2.05, 4.69) is 33.8 Å². The second-order valence-corrected chi connectivity index (χ2v) is 7.11. The number of anilines is 1. The maximum absolute atomic E-state index is 12.1. The molecule has 0 atom stereocenters. The fourth-order valence-electron chi connectivity index (χ4n) is 2.95. The van der Waals surface area contributed by atoms with Crippen LogP contribution in [0.2, 0.25) is 0 Å². The van der Waals surface area contributed by atoms with Gasteiger partial charge in [-0.15, -0.1) is 11.3 Å². The Morgan fingerprint density at radius 1 is 1.04 bits per heavy atom. The molecule has 1 aromatic heterocycles. The first kappa shape index (κ1) is 18.1. The van der Waals surface area contributed by atoms with Gasteiger partial charge in [0.05, 0.1) is 5.51 Å². The zero-order valence-electron chi connectivity index (χ0n) is 15.3. The standard InChI is InChI=1S/C22H20N4OS/c27-22(20-14-28-15-24-20)25-18-11-9-17(10-12-18)21-23-13-5-4-8-19(26-21)16-6-2-1-3-7-16/h1-3,6-12,14-15H,4-5,13H2,(H,23,26)(H,25,27). The largest absolute Gasteiger partial charge is 0.340 e. The monoisotopic (exact) mass is 388 g/mol. The summed E-state index contributed by atoms with van der Waals surface area (Å²) in [5.41, 5.74) is 6.00. The van der Waals surface area contributed by atoms with Gasteiger partial charge in [0.25, 0.3) is 5.91 Å². The molecule has 0 aliphatic carbocycles. The molecular formula is C22H20N4OS. The van der Waals surface area contributed by atoms with Gasteiger partial charge in [0.2, 0.25) is 0 Å². The number of nitrogens with zero attached hydrogens (tertiary/aromatic N) is 2. The van der Waals surface area contributed by atoms with Gasteiger partial charge in [0, 0.05) is 28.9 Å². The van der Waals surface area contributed by atoms with E-state index in [-0.39, 0.29) is 5.91 Å². The normalized spacial score (nSPS) is 14.1. The second-order valence-electron chi connectivity index (χ2n) is 6.39. The Morgan fingerprint density at radius 3 is 2.61 bits per heavy atom. The number of amides is 1. The third-order valence-electron chi connectivity index (χ3n) is 4.40. The molecule has 6 heteroatoms. The average Bonchev–Trinajstić information content (AvgIpc) is 3.25. The summed E-state index contributed by atoms with van der Waals surface area (Å²) in [5, 5.41) is 8.08. The minimum absolute atomic E-state index is 0.204. The number of amidine groups is 1. The van der Waals surface area contributed by atoms with Gasteiger partial charge < -0.3 is 10.6 Å². The van der Waals surface area contributed by atoms with E-state index in [1.807, 2.05) is 42.5 Å². The number of carbonyl (C=O) groups is 1. The lowest BCUT2D eigenvalue weighted by molar-refractivity contribution is 0.102. The van der Waals surface area contributed by atoms with Crippen LogP contribution in [-0.4, -0.2) is 23.3 Å². The Kier molecular flexibility index (Phi) is 5.58. The molecule has 0 saturated carbocycles. The van der Waals surface area contributed by atoms with Crippen molar-refractivity contribution in [3.8, 4) is 0 Å². The van der Waals surface area contributed by atoms with Gasteiger partial charge in [-0.25, -0.2) is 4.98 Å². The molecule has 0 bridgehead atoms. The number of nitrogens with one attached hydrogen (secondary N) is 2. The molecule has 0 unspecified atom stereocenters. The third kappa shape index (κ3) is 4.35. The van der Waals surface area contributed by atoms with Crippen molar-refractivity contribution < 1.29 is 4.79 Å². The third-order valence-corrected chi connectivity index (χ3v) is 4.99. The maximum atomic E-state index is 12.1. The number of hydrogen-bond acceptors (Lipinski definition) is 5. The molecule has 1 aliphatic heterocycles. The Labute approximate surface area is 167 Å². The van der Waals surface area contributed by atoms with Gasteiger partial charge in [0.15, 0.2) is 0 Å². The molecule has 2 N–H and O–H groups in total. The molecule has 1 aliphatic rings. The van der Waals surface area contributed by atoms with Crippen molar-refractivity contribution in [2.75, 3.05) is 11.9 Å². The lowest BCUT2D eigenvalue weighted by atomic mass is 10.1. The van der Waals surface area contributed by atoms with E-state index in [9.17, 15) is 4.79 Å². The summed E-state index contributed by atoms with van der Waals surface area (Å²) < 4.78 is 0. The number of benzene rings is 2. The first-order chi connectivity index (χ1) is 13.8. The summed E-state index contributed by atoms with van der Waals surface area (Å²) in [4.78, 5) is 20.9. The lowest BCUT2D eigenvalue weighted by Gasteiger charge is -2.17. The van der Waals surface area contributed by atoms with Crippen LogP contribution in [0.3, 0.4) is 0 Å². The number of hydrogen-bond donors (Lipinski definition) is 2. The minimum Gasteiger partial charge on any atom is -0.340 e. The van der Waals surface area contributed by atoms with Gasteiger partial charge in [-0.2, -0.15) is 0 Å². The Bertz CT molecular complexity index is 993. The van der Waals surface area contributed by atoms with Crippen molar-refractivity contribution >= 4 is 34.5 Å². The summed E-state index contributed by atoms with van der Waals surface area (Å²) >= 11 is 1.40. The summed E-state index contributed by atoms with van der Waals surface area (Å²) in [6, 6.07) is 18.0. The first-order valence-electron chi connectivity index (χ1n) is 9.16. The zero-order chi connectivity index (χ0) is 19.2. The predicted molar refractivity (Wildman–Crippen MR) is 115 cm³/mol. The van der Waals surface area contributed by atoms with Gasteiger partial charge in [0.1, 0.15) is 11.5 Å². The van der Waals surface area contributed by atoms with Crippen LogP contribution in [0.5, 0.6) is 0 Å². The first-order valence-corrected chi connectivity index (χ1v) is 10.1. The highest BCUT2D eigenvalue weighted by Crippen LogP contribution is 2.17. The zero-order valence-corrected chi connectivity index (χ0v) is 16.1. The number of rotatable bonds is 4. The van der Waals surface area contributed by atoms with Crippen molar-refractivity contribution in [1.29, 1.82) is 0 Å². The highest BCUT2D eigenvalue weighted by atomic mass is 32.1. The highest BCUT2D eigenvalue weighted by molar-refractivity contribution is 7.07. The van der Waals surface area contributed by atoms with Gasteiger partial charge in [-0.05, 0) is 42.7 Å². The van der Waals surface area contributed by atoms with Crippen molar-refractivity contribution in [1.82, 2.24) is 10.3 Å². The Balaban J connectivity index is 1.51. The van der Waals surface area contributed by atoms with Crippen LogP contribution >= 0.6 is 11.3 Å². The molecule has 0 radical (unpaired) electrons. The molecule has 4 rings (SSSR count). The summed E-state index contributed by atoms with van der Waals surface area (Å²) in [6.07, 6.45) is 4.24. The van der Waals surface area contributed by atoms with E-state index in [1.54, 1.807) is 10.9 Å². The quantitative estimate of drug-likeness (QED) is 0.688. The van der Waals surface area contributed by atoms with E-state index in [0.29, 0.717) is 5.69 Å². The van der Waals surface area contributed by atoms with E-state index in [4.69, 9.17) is 4.99 Å². The molecule has 1 amide bonds. The molecular weight excluding hydrogens is 368 g/mol. The molecule has 0 saturated heterocycles. The molecule has 0 fully saturated rings. The average molecular weight is 388 g/mol. The van der Waals surface area contributed by atoms with E-state index in [1.165, 1.54) is 11.3 Å². The molecule has 3 aromatic rings. The second kappa shape index (κ2) is 8.63. The van der Waals surface area contributed by atoms with Gasteiger partial charge >= 0.3 is 0 Å². The van der Waals surface area contributed by atoms with Gasteiger partial charge in [-0.3, -0.25) is 9.79 Å². The number of allylic oxidation sites excluding steroid dienone is 1. The van der Waals surface area contributed by atoms with Crippen LogP contribution in [0, 0.1) is 0 Å². The van der Waals surface area contributed by atoms with Crippen LogP contribution in [0.15, 0.2) is 76.6 Å². The summed E-state index contributed by atoms with van der Waals surface area (Å²) in [7, 11) is 0. The highest BCUT2D eigenvalue weighted by Gasteiger charge is 2.11. The van der Waals surface area contributed by atoms with Crippen molar-refractivity contribution in [2.45, 2.75) is 12.8 Å². The smallest absolute Gasteiger partial charge is 0.275 e. The number of carbonyl (C=O) groups excluding carboxylic acids is 1. The number of aliphatic imine (C=N–C) groups is 1. The van der Waals surface area contributed by atoms with Crippen LogP contribution in [0.25, 0.3) is 5.70 Å². The molecule has 2 heterocycles. The van der Waals surface area contributed by atoms with E-state index < -0.39 is 0 Å². The SMILES string of the molecule is O=C(Nc1ccc(C2=NCCCC=C(c3ccccc3)N2)cc1)c1cscn1. The maximum Gasteiger partial charge on any atom is 0.275 e. The molecule has 140 valence electrons. The van der Waals surface area contributed by atoms with Crippen molar-refractivity contribution in [2.24, 2.45) is 4.99 Å². The number of aromatic nitrogens is 1. The number of thiazole rings is 1.